The van der Waals surface area contributed by atoms with Crippen molar-refractivity contribution in [3.8, 4) is 0 Å². The van der Waals surface area contributed by atoms with Gasteiger partial charge in [0.2, 0.25) is 11.4 Å². The summed E-state index contributed by atoms with van der Waals surface area (Å²) in [5.74, 6) is -2.89. The van der Waals surface area contributed by atoms with Crippen molar-refractivity contribution in [2.45, 2.75) is 43.7 Å². The number of nitrogens with zero attached hydrogens (tertiary/aromatic N) is 1. The van der Waals surface area contributed by atoms with Gasteiger partial charge < -0.3 is 4.90 Å². The normalized spacial score (nSPS) is 29.1. The van der Waals surface area contributed by atoms with Gasteiger partial charge in [-0.15, -0.1) is 0 Å². The highest BCUT2D eigenvalue weighted by Gasteiger charge is 2.81. The van der Waals surface area contributed by atoms with Gasteiger partial charge in [-0.3, -0.25) is 4.79 Å². The Morgan fingerprint density at radius 2 is 1.74 bits per heavy atom. The minimum absolute atomic E-state index is 0.0162. The molecule has 0 aromatic carbocycles. The second kappa shape index (κ2) is 3.89. The van der Waals surface area contributed by atoms with Crippen LogP contribution in [0.5, 0.6) is 0 Å². The molecule has 1 heterocycles. The first kappa shape index (κ1) is 14.2. The Bertz CT molecular complexity index is 410. The van der Waals surface area contributed by atoms with Gasteiger partial charge in [-0.1, -0.05) is 19.1 Å². The molecule has 108 valence electrons. The van der Waals surface area contributed by atoms with E-state index >= 15 is 0 Å². The van der Waals surface area contributed by atoms with Crippen molar-refractivity contribution in [1.29, 1.82) is 0 Å². The van der Waals surface area contributed by atoms with Crippen LogP contribution in [0.15, 0.2) is 12.2 Å². The van der Waals surface area contributed by atoms with Gasteiger partial charge in [-0.05, 0) is 6.42 Å². The molecule has 2 nitrogen and oxygen atoms in total. The molecule has 1 amide bonds. The summed E-state index contributed by atoms with van der Waals surface area (Å²) in [6.45, 7) is 1.25. The molecule has 2 aliphatic rings. The summed E-state index contributed by atoms with van der Waals surface area (Å²) in [5.41, 5.74) is -4.08. The van der Waals surface area contributed by atoms with Crippen LogP contribution in [0.4, 0.5) is 26.3 Å². The standard InChI is InChI=1S/C11H11F6NO/c1-2-8(19)18-7-4-3-6(5-7)9(18,10(12,13)14)11(15,16)17/h3-4,6-7H,2,5H2,1H3. The van der Waals surface area contributed by atoms with Gasteiger partial charge in [0.05, 0.1) is 6.04 Å². The van der Waals surface area contributed by atoms with E-state index in [-0.39, 0.29) is 11.3 Å². The van der Waals surface area contributed by atoms with E-state index < -0.39 is 42.2 Å². The molecular weight excluding hydrogens is 276 g/mol. The summed E-state index contributed by atoms with van der Waals surface area (Å²) >= 11 is 0. The van der Waals surface area contributed by atoms with E-state index in [2.05, 4.69) is 0 Å². The van der Waals surface area contributed by atoms with E-state index in [1.54, 1.807) is 0 Å². The molecule has 0 radical (unpaired) electrons. The number of amides is 1. The summed E-state index contributed by atoms with van der Waals surface area (Å²) < 4.78 is 79.0. The third kappa shape index (κ3) is 1.61. The summed E-state index contributed by atoms with van der Waals surface area (Å²) in [4.78, 5) is 11.6. The Morgan fingerprint density at radius 3 is 2.16 bits per heavy atom. The second-order valence-electron chi connectivity index (χ2n) is 4.67. The quantitative estimate of drug-likeness (QED) is 0.536. The fourth-order valence-electron chi connectivity index (χ4n) is 3.03. The Morgan fingerprint density at radius 1 is 1.21 bits per heavy atom. The average molecular weight is 287 g/mol. The van der Waals surface area contributed by atoms with Crippen LogP contribution in [-0.2, 0) is 4.79 Å². The summed E-state index contributed by atoms with van der Waals surface area (Å²) in [7, 11) is 0. The van der Waals surface area contributed by atoms with Crippen molar-refractivity contribution in [3.63, 3.8) is 0 Å². The van der Waals surface area contributed by atoms with E-state index in [0.717, 1.165) is 6.08 Å². The van der Waals surface area contributed by atoms with E-state index in [1.165, 1.54) is 13.0 Å². The topological polar surface area (TPSA) is 20.3 Å². The first-order valence-corrected chi connectivity index (χ1v) is 5.71. The average Bonchev–Trinajstić information content (AvgIpc) is 2.83. The molecule has 1 aliphatic carbocycles. The number of alkyl halides is 6. The molecule has 0 N–H and O–H groups in total. The number of carbonyl (C=O) groups excluding carboxylic acids is 1. The van der Waals surface area contributed by atoms with E-state index in [4.69, 9.17) is 0 Å². The van der Waals surface area contributed by atoms with Crippen LogP contribution in [0.2, 0.25) is 0 Å². The predicted molar refractivity (Wildman–Crippen MR) is 53.0 cm³/mol. The Balaban J connectivity index is 2.64. The van der Waals surface area contributed by atoms with Gasteiger partial charge in [0.1, 0.15) is 0 Å². The molecule has 1 fully saturated rings. The highest BCUT2D eigenvalue weighted by atomic mass is 19.4. The van der Waals surface area contributed by atoms with Gasteiger partial charge in [0.25, 0.3) is 0 Å². The first-order chi connectivity index (χ1) is 8.57. The van der Waals surface area contributed by atoms with Crippen molar-refractivity contribution < 1.29 is 31.1 Å². The number of rotatable bonds is 1. The first-order valence-electron chi connectivity index (χ1n) is 5.71. The highest BCUT2D eigenvalue weighted by Crippen LogP contribution is 2.60. The lowest BCUT2D eigenvalue weighted by atomic mass is 9.83. The monoisotopic (exact) mass is 287 g/mol. The Kier molecular flexibility index (Phi) is 2.91. The number of hydrogen-bond acceptors (Lipinski definition) is 1. The molecule has 0 spiro atoms. The van der Waals surface area contributed by atoms with Crippen LogP contribution in [0, 0.1) is 5.92 Å². The molecule has 0 aromatic heterocycles. The van der Waals surface area contributed by atoms with Crippen molar-refractivity contribution >= 4 is 5.91 Å². The van der Waals surface area contributed by atoms with E-state index in [9.17, 15) is 31.1 Å². The van der Waals surface area contributed by atoms with Gasteiger partial charge in [-0.25, -0.2) is 0 Å². The van der Waals surface area contributed by atoms with Crippen LogP contribution >= 0.6 is 0 Å². The lowest BCUT2D eigenvalue weighted by Crippen LogP contribution is -2.70. The molecule has 2 unspecified atom stereocenters. The number of halogens is 6. The largest absolute Gasteiger partial charge is 0.421 e. The molecule has 0 aromatic rings. The minimum Gasteiger partial charge on any atom is -0.313 e. The molecule has 2 bridgehead atoms. The van der Waals surface area contributed by atoms with Crippen LogP contribution in [0.3, 0.4) is 0 Å². The predicted octanol–water partition coefficient (Wildman–Crippen LogP) is 3.05. The zero-order valence-electron chi connectivity index (χ0n) is 9.85. The van der Waals surface area contributed by atoms with Gasteiger partial charge in [0.15, 0.2) is 0 Å². The number of carbonyl (C=O) groups is 1. The zero-order valence-corrected chi connectivity index (χ0v) is 9.85. The second-order valence-corrected chi connectivity index (χ2v) is 4.67. The SMILES string of the molecule is CCC(=O)N1C2C=CC(C2)C1(C(F)(F)F)C(F)(F)F. The Hall–Kier alpha value is -1.21. The fourth-order valence-corrected chi connectivity index (χ4v) is 3.03. The van der Waals surface area contributed by atoms with Crippen LogP contribution in [0.25, 0.3) is 0 Å². The van der Waals surface area contributed by atoms with E-state index in [0.29, 0.717) is 0 Å². The smallest absolute Gasteiger partial charge is 0.313 e. The summed E-state index contributed by atoms with van der Waals surface area (Å²) in [6.07, 6.45) is -9.67. The maximum atomic E-state index is 13.2. The molecule has 1 saturated heterocycles. The maximum absolute atomic E-state index is 13.2. The zero-order chi connectivity index (χ0) is 14.6. The lowest BCUT2D eigenvalue weighted by molar-refractivity contribution is -0.339. The minimum atomic E-state index is -5.56. The lowest BCUT2D eigenvalue weighted by Gasteiger charge is -2.46. The van der Waals surface area contributed by atoms with Crippen molar-refractivity contribution in [3.05, 3.63) is 12.2 Å². The highest BCUT2D eigenvalue weighted by molar-refractivity contribution is 5.79. The molecule has 8 heteroatoms. The van der Waals surface area contributed by atoms with Gasteiger partial charge >= 0.3 is 12.4 Å². The molecule has 2 atom stereocenters. The van der Waals surface area contributed by atoms with E-state index in [1.807, 2.05) is 0 Å². The number of fused-ring (bicyclic) bond motifs is 2. The maximum Gasteiger partial charge on any atom is 0.421 e. The van der Waals surface area contributed by atoms with Gasteiger partial charge in [-0.2, -0.15) is 26.3 Å². The van der Waals surface area contributed by atoms with Gasteiger partial charge in [0, 0.05) is 12.3 Å². The summed E-state index contributed by atoms with van der Waals surface area (Å²) in [6, 6.07) is -1.12. The molecule has 2 rings (SSSR count). The summed E-state index contributed by atoms with van der Waals surface area (Å²) in [5, 5.41) is 0. The fraction of sp³-hybridized carbons (Fsp3) is 0.727. The molecule has 0 saturated carbocycles. The van der Waals surface area contributed by atoms with Crippen molar-refractivity contribution in [2.75, 3.05) is 0 Å². The molecule has 1 aliphatic heterocycles. The number of likely N-dealkylation sites (tertiary alicyclic amines) is 1. The van der Waals surface area contributed by atoms with Crippen LogP contribution < -0.4 is 0 Å². The number of hydrogen-bond donors (Lipinski definition) is 0. The van der Waals surface area contributed by atoms with Crippen molar-refractivity contribution in [1.82, 2.24) is 4.90 Å². The van der Waals surface area contributed by atoms with Crippen molar-refractivity contribution in [2.24, 2.45) is 5.92 Å². The molecule has 19 heavy (non-hydrogen) atoms. The third-order valence-electron chi connectivity index (χ3n) is 3.74. The third-order valence-corrected chi connectivity index (χ3v) is 3.74. The molecular formula is C11H11F6NO. The van der Waals surface area contributed by atoms with Crippen LogP contribution in [-0.4, -0.2) is 34.7 Å². The Labute approximate surface area is 105 Å². The van der Waals surface area contributed by atoms with Crippen LogP contribution in [0.1, 0.15) is 19.8 Å².